The van der Waals surface area contributed by atoms with Crippen LogP contribution in [0, 0.1) is 22.7 Å². The summed E-state index contributed by atoms with van der Waals surface area (Å²) in [4.78, 5) is 23.5. The van der Waals surface area contributed by atoms with Crippen LogP contribution in [0.2, 0.25) is 0 Å². The van der Waals surface area contributed by atoms with Crippen molar-refractivity contribution in [2.75, 3.05) is 18.0 Å². The quantitative estimate of drug-likeness (QED) is 0.661. The van der Waals surface area contributed by atoms with Crippen LogP contribution in [0.1, 0.15) is 84.1 Å². The molecule has 2 aromatic rings. The summed E-state index contributed by atoms with van der Waals surface area (Å²) in [5, 5.41) is 20.0. The van der Waals surface area contributed by atoms with Gasteiger partial charge in [-0.05, 0) is 68.1 Å². The van der Waals surface area contributed by atoms with Crippen LogP contribution in [0.15, 0.2) is 24.4 Å². The number of piperidine rings is 1. The summed E-state index contributed by atoms with van der Waals surface area (Å²) in [5.74, 6) is -0.0187. The lowest BCUT2D eigenvalue weighted by Crippen LogP contribution is -2.43. The van der Waals surface area contributed by atoms with Gasteiger partial charge in [0.05, 0.1) is 34.2 Å². The molecule has 0 unspecified atom stereocenters. The van der Waals surface area contributed by atoms with Gasteiger partial charge < -0.3 is 16.4 Å². The van der Waals surface area contributed by atoms with E-state index in [9.17, 15) is 15.3 Å². The highest BCUT2D eigenvalue weighted by atomic mass is 16.1. The number of carbonyl (C=O) groups excluding carboxylic acids is 1. The maximum atomic E-state index is 12.2. The highest BCUT2D eigenvalue weighted by Crippen LogP contribution is 2.48. The third-order valence-electron chi connectivity index (χ3n) is 8.17. The summed E-state index contributed by atoms with van der Waals surface area (Å²) in [6.07, 6.45) is 9.17. The van der Waals surface area contributed by atoms with Crippen LogP contribution >= 0.6 is 0 Å². The first-order valence-electron chi connectivity index (χ1n) is 12.5. The molecule has 1 aromatic carbocycles. The molecule has 0 bridgehead atoms. The van der Waals surface area contributed by atoms with Crippen LogP contribution in [0.3, 0.4) is 0 Å². The van der Waals surface area contributed by atoms with Crippen LogP contribution in [0.5, 0.6) is 0 Å². The first kappa shape index (κ1) is 23.3. The van der Waals surface area contributed by atoms with Gasteiger partial charge in [0.25, 0.3) is 5.91 Å². The number of hydrogen-bond acceptors (Lipinski definition) is 7. The highest BCUT2D eigenvalue weighted by molar-refractivity contribution is 5.93. The van der Waals surface area contributed by atoms with E-state index in [-0.39, 0.29) is 6.04 Å². The molecule has 2 aliphatic carbocycles. The normalized spacial score (nSPS) is 22.3. The van der Waals surface area contributed by atoms with Gasteiger partial charge in [-0.3, -0.25) is 4.79 Å². The van der Waals surface area contributed by atoms with Gasteiger partial charge in [0.2, 0.25) is 5.95 Å². The number of rotatable bonds is 6. The summed E-state index contributed by atoms with van der Waals surface area (Å²) in [6.45, 7) is 1.49. The van der Waals surface area contributed by atoms with Gasteiger partial charge in [0.1, 0.15) is 0 Å². The molecule has 0 radical (unpaired) electrons. The fourth-order valence-corrected chi connectivity index (χ4v) is 5.62. The molecule has 1 aromatic heterocycles. The molecule has 3 fully saturated rings. The number of carbonyl (C=O) groups is 1. The fourth-order valence-electron chi connectivity index (χ4n) is 5.62. The molecule has 1 atom stereocenters. The lowest BCUT2D eigenvalue weighted by molar-refractivity contribution is 0.0998. The second kappa shape index (κ2) is 8.94. The SMILES string of the molecule is N#CC1(c2cc(Cc3nc(N4CCC[C@H](N)C4)ncc3C(N)=O)cc(C3(C#N)CCC3)c2)CCC1. The number of benzene rings is 1. The predicted octanol–water partition coefficient (Wildman–Crippen LogP) is 2.98. The number of anilines is 1. The summed E-state index contributed by atoms with van der Waals surface area (Å²) >= 11 is 0. The van der Waals surface area contributed by atoms with E-state index in [4.69, 9.17) is 16.5 Å². The Hall–Kier alpha value is -3.49. The van der Waals surface area contributed by atoms with Crippen LogP contribution in [0.25, 0.3) is 0 Å². The van der Waals surface area contributed by atoms with Crippen molar-refractivity contribution in [3.8, 4) is 12.1 Å². The Labute approximate surface area is 206 Å². The first-order valence-corrected chi connectivity index (χ1v) is 12.5. The number of primary amides is 1. The summed E-state index contributed by atoms with van der Waals surface area (Å²) in [7, 11) is 0. The minimum Gasteiger partial charge on any atom is -0.365 e. The Bertz CT molecular complexity index is 1180. The van der Waals surface area contributed by atoms with Gasteiger partial charge in [-0.2, -0.15) is 10.5 Å². The maximum Gasteiger partial charge on any atom is 0.252 e. The molecule has 1 saturated heterocycles. The zero-order chi connectivity index (χ0) is 24.6. The Morgan fingerprint density at radius 1 is 1.06 bits per heavy atom. The van der Waals surface area contributed by atoms with Crippen molar-refractivity contribution in [3.63, 3.8) is 0 Å². The molecule has 8 nitrogen and oxygen atoms in total. The number of nitrogens with two attached hydrogens (primary N) is 2. The predicted molar refractivity (Wildman–Crippen MR) is 132 cm³/mol. The lowest BCUT2D eigenvalue weighted by Gasteiger charge is -2.39. The Kier molecular flexibility index (Phi) is 5.94. The lowest BCUT2D eigenvalue weighted by atomic mass is 9.61. The largest absolute Gasteiger partial charge is 0.365 e. The molecule has 0 spiro atoms. The van der Waals surface area contributed by atoms with E-state index >= 15 is 0 Å². The van der Waals surface area contributed by atoms with Crippen LogP contribution in [-0.4, -0.2) is 35.0 Å². The summed E-state index contributed by atoms with van der Waals surface area (Å²) in [6, 6.07) is 11.3. The van der Waals surface area contributed by atoms with Crippen molar-refractivity contribution < 1.29 is 4.79 Å². The zero-order valence-corrected chi connectivity index (χ0v) is 20.0. The van der Waals surface area contributed by atoms with Gasteiger partial charge in [0, 0.05) is 31.7 Å². The van der Waals surface area contributed by atoms with Gasteiger partial charge in [-0.25, -0.2) is 9.97 Å². The number of aromatic nitrogens is 2. The van der Waals surface area contributed by atoms with Crippen LogP contribution < -0.4 is 16.4 Å². The van der Waals surface area contributed by atoms with Crippen molar-refractivity contribution in [1.29, 1.82) is 10.5 Å². The van der Waals surface area contributed by atoms with E-state index in [0.717, 1.165) is 74.6 Å². The third kappa shape index (κ3) is 4.13. The van der Waals surface area contributed by atoms with Gasteiger partial charge >= 0.3 is 0 Å². The maximum absolute atomic E-state index is 12.2. The molecule has 180 valence electrons. The molecule has 4 N–H and O–H groups in total. The molecule has 1 aliphatic heterocycles. The Morgan fingerprint density at radius 3 is 2.17 bits per heavy atom. The summed E-state index contributed by atoms with van der Waals surface area (Å²) in [5.41, 5.74) is 14.6. The van der Waals surface area contributed by atoms with E-state index in [1.165, 1.54) is 6.20 Å². The number of hydrogen-bond donors (Lipinski definition) is 2. The molecule has 35 heavy (non-hydrogen) atoms. The second-order valence-electron chi connectivity index (χ2n) is 10.4. The smallest absolute Gasteiger partial charge is 0.252 e. The van der Waals surface area contributed by atoms with Crippen molar-refractivity contribution in [1.82, 2.24) is 9.97 Å². The van der Waals surface area contributed by atoms with E-state index in [2.05, 4.69) is 40.2 Å². The molecule has 1 amide bonds. The third-order valence-corrected chi connectivity index (χ3v) is 8.17. The molecule has 2 heterocycles. The first-order chi connectivity index (χ1) is 16.9. The monoisotopic (exact) mass is 469 g/mol. The van der Waals surface area contributed by atoms with Gasteiger partial charge in [-0.1, -0.05) is 18.2 Å². The molecular weight excluding hydrogens is 438 g/mol. The number of nitriles is 2. The van der Waals surface area contributed by atoms with Crippen LogP contribution in [0.4, 0.5) is 5.95 Å². The Morgan fingerprint density at radius 2 is 1.69 bits per heavy atom. The summed E-state index contributed by atoms with van der Waals surface area (Å²) < 4.78 is 0. The fraction of sp³-hybridized carbons (Fsp3) is 0.519. The van der Waals surface area contributed by atoms with E-state index in [1.807, 2.05) is 0 Å². The molecular formula is C27H31N7O. The number of nitrogens with zero attached hydrogens (tertiary/aromatic N) is 5. The molecule has 3 aliphatic rings. The van der Waals surface area contributed by atoms with E-state index in [1.54, 1.807) is 0 Å². The topological polar surface area (TPSA) is 146 Å². The van der Waals surface area contributed by atoms with Crippen molar-refractivity contribution in [2.24, 2.45) is 11.5 Å². The van der Waals surface area contributed by atoms with Gasteiger partial charge in [0.15, 0.2) is 0 Å². The second-order valence-corrected chi connectivity index (χ2v) is 10.4. The average molecular weight is 470 g/mol. The van der Waals surface area contributed by atoms with Crippen molar-refractivity contribution in [3.05, 3.63) is 52.3 Å². The van der Waals surface area contributed by atoms with E-state index in [0.29, 0.717) is 30.2 Å². The minimum absolute atomic E-state index is 0.0696. The van der Waals surface area contributed by atoms with Gasteiger partial charge in [-0.15, -0.1) is 0 Å². The zero-order valence-electron chi connectivity index (χ0n) is 20.0. The minimum atomic E-state index is -0.571. The van der Waals surface area contributed by atoms with Crippen molar-refractivity contribution >= 4 is 11.9 Å². The molecule has 8 heteroatoms. The highest BCUT2D eigenvalue weighted by Gasteiger charge is 2.43. The molecule has 2 saturated carbocycles. The number of amides is 1. The van der Waals surface area contributed by atoms with Crippen molar-refractivity contribution in [2.45, 2.75) is 74.7 Å². The average Bonchev–Trinajstić information content (AvgIpc) is 2.78. The van der Waals surface area contributed by atoms with E-state index < -0.39 is 16.7 Å². The molecule has 5 rings (SSSR count). The Balaban J connectivity index is 1.56. The van der Waals surface area contributed by atoms with Crippen LogP contribution in [-0.2, 0) is 17.3 Å². The standard InChI is InChI=1S/C27H31N7O/c28-16-26(5-2-6-26)19-10-18(11-20(13-19)27(17-29)7-3-8-27)12-23-22(24(31)35)14-32-25(33-23)34-9-1-4-21(30)15-34/h10-11,13-14,21H,1-9,12,15,30H2,(H2,31,35)/t21-/m0/s1.